The first-order chi connectivity index (χ1) is 10.2. The van der Waals surface area contributed by atoms with E-state index in [1.165, 1.54) is 0 Å². The van der Waals surface area contributed by atoms with Gasteiger partial charge in [-0.05, 0) is 25.2 Å². The Balaban J connectivity index is 4.75. The molecule has 0 rings (SSSR count). The zero-order chi connectivity index (χ0) is 17.3. The van der Waals surface area contributed by atoms with Crippen LogP contribution in [-0.4, -0.2) is 41.8 Å². The van der Waals surface area contributed by atoms with E-state index in [1.54, 1.807) is 6.92 Å². The molecule has 0 aromatic carbocycles. The summed E-state index contributed by atoms with van der Waals surface area (Å²) in [7, 11) is 0. The van der Waals surface area contributed by atoms with Crippen molar-refractivity contribution in [1.82, 2.24) is 5.32 Å². The van der Waals surface area contributed by atoms with Gasteiger partial charge in [0.2, 0.25) is 5.91 Å². The van der Waals surface area contributed by atoms with Crippen molar-refractivity contribution in [3.63, 3.8) is 0 Å². The Bertz CT molecular complexity index is 347. The molecule has 0 aliphatic heterocycles. The number of aliphatic hydroxyl groups is 1. The van der Waals surface area contributed by atoms with Gasteiger partial charge in [0.05, 0.1) is 31.2 Å². The fourth-order valence-electron chi connectivity index (χ4n) is 2.14. The molecule has 6 heteroatoms. The molecule has 0 aliphatic rings. The lowest BCUT2D eigenvalue weighted by atomic mass is 9.95. The van der Waals surface area contributed by atoms with E-state index in [4.69, 9.17) is 10.5 Å². The number of esters is 1. The van der Waals surface area contributed by atoms with Gasteiger partial charge in [-0.3, -0.25) is 9.59 Å². The van der Waals surface area contributed by atoms with Crippen molar-refractivity contribution in [3.8, 4) is 0 Å². The Kier molecular flexibility index (Phi) is 10.0. The summed E-state index contributed by atoms with van der Waals surface area (Å²) in [5.74, 6) is -0.434. The summed E-state index contributed by atoms with van der Waals surface area (Å²) in [5.41, 5.74) is 5.91. The molecule has 0 aliphatic carbocycles. The number of rotatable bonds is 10. The molecule has 0 saturated heterocycles. The Hall–Kier alpha value is -1.14. The minimum Gasteiger partial charge on any atom is -0.466 e. The van der Waals surface area contributed by atoms with Crippen LogP contribution >= 0.6 is 0 Å². The summed E-state index contributed by atoms with van der Waals surface area (Å²) in [6, 6.07) is -1.12. The summed E-state index contributed by atoms with van der Waals surface area (Å²) >= 11 is 0. The Morgan fingerprint density at radius 2 is 1.82 bits per heavy atom. The van der Waals surface area contributed by atoms with Crippen LogP contribution in [-0.2, 0) is 14.3 Å². The van der Waals surface area contributed by atoms with E-state index in [-0.39, 0.29) is 30.8 Å². The lowest BCUT2D eigenvalue weighted by molar-refractivity contribution is -0.146. The number of hydrogen-bond donors (Lipinski definition) is 3. The van der Waals surface area contributed by atoms with Crippen molar-refractivity contribution >= 4 is 11.9 Å². The number of carbonyl (C=O) groups is 2. The molecule has 22 heavy (non-hydrogen) atoms. The predicted octanol–water partition coefficient (Wildman–Crippen LogP) is 1.20. The Labute approximate surface area is 133 Å². The number of nitrogens with one attached hydrogen (secondary N) is 1. The number of nitrogens with two attached hydrogens (primary N) is 1. The van der Waals surface area contributed by atoms with E-state index >= 15 is 0 Å². The normalized spacial score (nSPS) is 16.7. The second-order valence-corrected chi connectivity index (χ2v) is 6.23. The van der Waals surface area contributed by atoms with Gasteiger partial charge in [-0.25, -0.2) is 0 Å². The third-order valence-electron chi connectivity index (χ3n) is 3.76. The van der Waals surface area contributed by atoms with Crippen LogP contribution in [0.3, 0.4) is 0 Å². The summed E-state index contributed by atoms with van der Waals surface area (Å²) < 4.78 is 4.84. The van der Waals surface area contributed by atoms with Crippen LogP contribution < -0.4 is 11.1 Å². The zero-order valence-corrected chi connectivity index (χ0v) is 14.5. The maximum absolute atomic E-state index is 12.2. The number of amides is 1. The molecule has 0 heterocycles. The molecule has 4 atom stereocenters. The topological polar surface area (TPSA) is 102 Å². The average Bonchev–Trinajstić information content (AvgIpc) is 2.44. The zero-order valence-electron chi connectivity index (χ0n) is 14.5. The fourth-order valence-corrected chi connectivity index (χ4v) is 2.14. The molecule has 0 aromatic heterocycles. The fraction of sp³-hybridized carbons (Fsp3) is 0.875. The van der Waals surface area contributed by atoms with Gasteiger partial charge >= 0.3 is 5.97 Å². The second-order valence-electron chi connectivity index (χ2n) is 6.23. The molecule has 4 N–H and O–H groups in total. The summed E-state index contributed by atoms with van der Waals surface area (Å²) in [4.78, 5) is 23.7. The average molecular weight is 316 g/mol. The maximum Gasteiger partial charge on any atom is 0.308 e. The molecular weight excluding hydrogens is 284 g/mol. The molecule has 0 aromatic rings. The van der Waals surface area contributed by atoms with Crippen molar-refractivity contribution in [2.24, 2.45) is 17.6 Å². The highest BCUT2D eigenvalue weighted by Gasteiger charge is 2.28. The third-order valence-corrected chi connectivity index (χ3v) is 3.76. The molecule has 130 valence electrons. The van der Waals surface area contributed by atoms with Crippen molar-refractivity contribution in [1.29, 1.82) is 0 Å². The number of carbonyl (C=O) groups excluding carboxylic acids is 2. The van der Waals surface area contributed by atoms with Crippen LogP contribution in [0.5, 0.6) is 0 Å². The number of aliphatic hydroxyl groups excluding tert-OH is 1. The quantitative estimate of drug-likeness (QED) is 0.526. The lowest BCUT2D eigenvalue weighted by Gasteiger charge is -2.28. The van der Waals surface area contributed by atoms with Crippen LogP contribution in [0.1, 0.15) is 53.9 Å². The highest BCUT2D eigenvalue weighted by Crippen LogP contribution is 2.13. The van der Waals surface area contributed by atoms with E-state index in [0.717, 1.165) is 6.42 Å². The molecule has 0 bridgehead atoms. The third kappa shape index (κ3) is 7.75. The van der Waals surface area contributed by atoms with Crippen LogP contribution in [0.25, 0.3) is 0 Å². The first-order valence-corrected chi connectivity index (χ1v) is 8.12. The van der Waals surface area contributed by atoms with Crippen LogP contribution in [0, 0.1) is 11.8 Å². The summed E-state index contributed by atoms with van der Waals surface area (Å²) in [6.45, 7) is 9.85. The molecule has 1 amide bonds. The highest BCUT2D eigenvalue weighted by atomic mass is 16.5. The molecule has 2 unspecified atom stereocenters. The van der Waals surface area contributed by atoms with Gasteiger partial charge in [-0.1, -0.05) is 34.1 Å². The van der Waals surface area contributed by atoms with Crippen LogP contribution in [0.2, 0.25) is 0 Å². The van der Waals surface area contributed by atoms with Gasteiger partial charge in [-0.2, -0.15) is 0 Å². The first kappa shape index (κ1) is 20.9. The molecule has 6 nitrogen and oxygen atoms in total. The maximum atomic E-state index is 12.2. The van der Waals surface area contributed by atoms with Gasteiger partial charge in [0.15, 0.2) is 0 Å². The SMILES string of the molecule is CCOC(=O)CC(O)[C@H](CC(C)C)NC(=O)[C@@H](N)C(C)CC. The Morgan fingerprint density at radius 1 is 1.23 bits per heavy atom. The minimum atomic E-state index is -0.977. The van der Waals surface area contributed by atoms with Crippen molar-refractivity contribution in [2.75, 3.05) is 6.61 Å². The second kappa shape index (κ2) is 10.6. The molecule has 0 radical (unpaired) electrons. The largest absolute Gasteiger partial charge is 0.466 e. The summed E-state index contributed by atoms with van der Waals surface area (Å²) in [5, 5.41) is 13.0. The van der Waals surface area contributed by atoms with E-state index in [9.17, 15) is 14.7 Å². The van der Waals surface area contributed by atoms with Gasteiger partial charge in [0.1, 0.15) is 0 Å². The Morgan fingerprint density at radius 3 is 2.27 bits per heavy atom. The molecule has 0 saturated carbocycles. The van der Waals surface area contributed by atoms with E-state index in [0.29, 0.717) is 6.42 Å². The van der Waals surface area contributed by atoms with Crippen molar-refractivity contribution < 1.29 is 19.4 Å². The van der Waals surface area contributed by atoms with Gasteiger partial charge in [-0.15, -0.1) is 0 Å². The molecule has 0 fully saturated rings. The van der Waals surface area contributed by atoms with Crippen molar-refractivity contribution in [2.45, 2.75) is 72.1 Å². The number of hydrogen-bond acceptors (Lipinski definition) is 5. The molecule has 0 spiro atoms. The number of ether oxygens (including phenoxy) is 1. The smallest absolute Gasteiger partial charge is 0.308 e. The minimum absolute atomic E-state index is 0.0573. The van der Waals surface area contributed by atoms with Crippen molar-refractivity contribution in [3.05, 3.63) is 0 Å². The van der Waals surface area contributed by atoms with Crippen LogP contribution in [0.15, 0.2) is 0 Å². The predicted molar refractivity (Wildman–Crippen MR) is 86.1 cm³/mol. The first-order valence-electron chi connectivity index (χ1n) is 8.12. The lowest BCUT2D eigenvalue weighted by Crippen LogP contribution is -2.52. The van der Waals surface area contributed by atoms with Gasteiger partial charge in [0.25, 0.3) is 0 Å². The van der Waals surface area contributed by atoms with Gasteiger partial charge < -0.3 is 20.9 Å². The summed E-state index contributed by atoms with van der Waals surface area (Å²) in [6.07, 6.45) is 0.257. The van der Waals surface area contributed by atoms with E-state index in [2.05, 4.69) is 5.32 Å². The van der Waals surface area contributed by atoms with Gasteiger partial charge in [0, 0.05) is 0 Å². The monoisotopic (exact) mass is 316 g/mol. The van der Waals surface area contributed by atoms with E-state index in [1.807, 2.05) is 27.7 Å². The van der Waals surface area contributed by atoms with Crippen LogP contribution in [0.4, 0.5) is 0 Å². The standard InChI is InChI=1S/C16H32N2O4/c1-6-11(5)15(17)16(21)18-12(8-10(3)4)13(19)9-14(20)22-7-2/h10-13,15,19H,6-9,17H2,1-5H3,(H,18,21)/t11?,12-,13?,15-/m0/s1. The molecular formula is C16H32N2O4. The van der Waals surface area contributed by atoms with E-state index < -0.39 is 24.2 Å². The highest BCUT2D eigenvalue weighted by molar-refractivity contribution is 5.82.